The fourth-order valence-electron chi connectivity index (χ4n) is 2.08. The maximum Gasteiger partial charge on any atom is 0.259 e. The number of aromatic amines is 1. The fourth-order valence-corrected chi connectivity index (χ4v) is 2.08. The van der Waals surface area contributed by atoms with Crippen LogP contribution in [0.5, 0.6) is 5.75 Å². The first-order valence-electron chi connectivity index (χ1n) is 6.02. The van der Waals surface area contributed by atoms with Crippen LogP contribution in [0.15, 0.2) is 47.3 Å². The van der Waals surface area contributed by atoms with Gasteiger partial charge in [0.1, 0.15) is 17.4 Å². The standard InChI is InChI=1S/C15H11FN2O2/c1-20-13-7-6-9(16)8-11(13)14-17-12-5-3-2-4-10(12)15(19)18-14/h2-8H,1H3,(H,17,18,19). The van der Waals surface area contributed by atoms with E-state index in [4.69, 9.17) is 4.74 Å². The molecule has 2 aromatic carbocycles. The van der Waals surface area contributed by atoms with Crippen LogP contribution in [0.25, 0.3) is 22.3 Å². The summed E-state index contributed by atoms with van der Waals surface area (Å²) in [4.78, 5) is 19.0. The monoisotopic (exact) mass is 270 g/mol. The molecule has 5 heteroatoms. The molecule has 1 N–H and O–H groups in total. The smallest absolute Gasteiger partial charge is 0.259 e. The number of benzene rings is 2. The Morgan fingerprint density at radius 3 is 2.80 bits per heavy atom. The zero-order valence-corrected chi connectivity index (χ0v) is 10.7. The van der Waals surface area contributed by atoms with Gasteiger partial charge in [0, 0.05) is 0 Å². The third-order valence-electron chi connectivity index (χ3n) is 3.03. The molecular weight excluding hydrogens is 259 g/mol. The SMILES string of the molecule is COc1ccc(F)cc1-c1nc2ccccc2c(=O)[nH]1. The van der Waals surface area contributed by atoms with Gasteiger partial charge in [-0.15, -0.1) is 0 Å². The first-order chi connectivity index (χ1) is 9.69. The van der Waals surface area contributed by atoms with Crippen molar-refractivity contribution in [1.29, 1.82) is 0 Å². The number of aromatic nitrogens is 2. The molecule has 4 nitrogen and oxygen atoms in total. The van der Waals surface area contributed by atoms with Crippen molar-refractivity contribution >= 4 is 10.9 Å². The average molecular weight is 270 g/mol. The molecule has 0 saturated heterocycles. The Kier molecular flexibility index (Phi) is 2.95. The van der Waals surface area contributed by atoms with Gasteiger partial charge in [-0.2, -0.15) is 0 Å². The first-order valence-corrected chi connectivity index (χ1v) is 6.02. The lowest BCUT2D eigenvalue weighted by atomic mass is 10.1. The van der Waals surface area contributed by atoms with Crippen molar-refractivity contribution in [2.75, 3.05) is 7.11 Å². The molecule has 3 rings (SSSR count). The summed E-state index contributed by atoms with van der Waals surface area (Å²) >= 11 is 0. The van der Waals surface area contributed by atoms with Crippen LogP contribution >= 0.6 is 0 Å². The number of H-pyrrole nitrogens is 1. The van der Waals surface area contributed by atoms with E-state index < -0.39 is 5.82 Å². The number of methoxy groups -OCH3 is 1. The number of hydrogen-bond acceptors (Lipinski definition) is 3. The molecule has 0 saturated carbocycles. The van der Waals surface area contributed by atoms with Crippen LogP contribution < -0.4 is 10.3 Å². The van der Waals surface area contributed by atoms with Gasteiger partial charge in [-0.25, -0.2) is 9.37 Å². The predicted molar refractivity (Wildman–Crippen MR) is 74.3 cm³/mol. The molecule has 3 aromatic rings. The van der Waals surface area contributed by atoms with E-state index in [0.717, 1.165) is 0 Å². The molecule has 1 heterocycles. The normalized spacial score (nSPS) is 10.7. The molecular formula is C15H11FN2O2. The molecule has 0 radical (unpaired) electrons. The van der Waals surface area contributed by atoms with Crippen LogP contribution in [0.2, 0.25) is 0 Å². The van der Waals surface area contributed by atoms with Crippen molar-refractivity contribution in [2.45, 2.75) is 0 Å². The molecule has 0 aliphatic carbocycles. The summed E-state index contributed by atoms with van der Waals surface area (Å²) in [7, 11) is 1.48. The highest BCUT2D eigenvalue weighted by Crippen LogP contribution is 2.28. The van der Waals surface area contributed by atoms with Gasteiger partial charge >= 0.3 is 0 Å². The summed E-state index contributed by atoms with van der Waals surface area (Å²) < 4.78 is 18.6. The highest BCUT2D eigenvalue weighted by molar-refractivity contribution is 5.80. The fraction of sp³-hybridized carbons (Fsp3) is 0.0667. The number of halogens is 1. The molecule has 20 heavy (non-hydrogen) atoms. The third kappa shape index (κ3) is 2.03. The van der Waals surface area contributed by atoms with Crippen LogP contribution in [0.4, 0.5) is 4.39 Å². The van der Waals surface area contributed by atoms with Gasteiger partial charge in [0.15, 0.2) is 0 Å². The highest BCUT2D eigenvalue weighted by atomic mass is 19.1. The Hall–Kier alpha value is -2.69. The minimum Gasteiger partial charge on any atom is -0.496 e. The van der Waals surface area contributed by atoms with Crippen LogP contribution in [0.1, 0.15) is 0 Å². The second-order valence-electron chi connectivity index (χ2n) is 4.28. The van der Waals surface area contributed by atoms with E-state index in [1.807, 2.05) is 0 Å². The minimum absolute atomic E-state index is 0.267. The Morgan fingerprint density at radius 2 is 2.00 bits per heavy atom. The molecule has 0 unspecified atom stereocenters. The van der Waals surface area contributed by atoms with Crippen molar-refractivity contribution in [3.05, 3.63) is 58.6 Å². The van der Waals surface area contributed by atoms with Crippen molar-refractivity contribution in [1.82, 2.24) is 9.97 Å². The number of hydrogen-bond donors (Lipinski definition) is 1. The second kappa shape index (κ2) is 4.77. The number of para-hydroxylation sites is 1. The average Bonchev–Trinajstić information content (AvgIpc) is 2.47. The maximum absolute atomic E-state index is 13.4. The Balaban J connectivity index is 2.30. The lowest BCUT2D eigenvalue weighted by Gasteiger charge is -2.08. The first kappa shape index (κ1) is 12.3. The van der Waals surface area contributed by atoms with Crippen molar-refractivity contribution in [2.24, 2.45) is 0 Å². The lowest BCUT2D eigenvalue weighted by molar-refractivity contribution is 0.415. The molecule has 0 atom stereocenters. The quantitative estimate of drug-likeness (QED) is 0.779. The van der Waals surface area contributed by atoms with E-state index in [9.17, 15) is 9.18 Å². The van der Waals surface area contributed by atoms with Crippen molar-refractivity contribution in [3.8, 4) is 17.1 Å². The molecule has 100 valence electrons. The summed E-state index contributed by atoms with van der Waals surface area (Å²) in [6, 6.07) is 11.1. The van der Waals surface area contributed by atoms with Crippen LogP contribution in [-0.2, 0) is 0 Å². The van der Waals surface area contributed by atoms with E-state index in [1.165, 1.54) is 25.3 Å². The van der Waals surface area contributed by atoms with Crippen molar-refractivity contribution < 1.29 is 9.13 Å². The van der Waals surface area contributed by atoms with E-state index in [-0.39, 0.29) is 11.4 Å². The van der Waals surface area contributed by atoms with E-state index in [2.05, 4.69) is 9.97 Å². The topological polar surface area (TPSA) is 55.0 Å². The zero-order chi connectivity index (χ0) is 14.1. The van der Waals surface area contributed by atoms with E-state index in [1.54, 1.807) is 24.3 Å². The number of ether oxygens (including phenoxy) is 1. The molecule has 0 aliphatic rings. The summed E-state index contributed by atoms with van der Waals surface area (Å²) in [6.45, 7) is 0. The van der Waals surface area contributed by atoms with Crippen molar-refractivity contribution in [3.63, 3.8) is 0 Å². The summed E-state index contributed by atoms with van der Waals surface area (Å²) in [5.41, 5.74) is 0.699. The van der Waals surface area contributed by atoms with E-state index >= 15 is 0 Å². The van der Waals surface area contributed by atoms with Crippen LogP contribution in [0, 0.1) is 5.82 Å². The van der Waals surface area contributed by atoms with Gasteiger partial charge in [0.25, 0.3) is 5.56 Å². The molecule has 0 spiro atoms. The second-order valence-corrected chi connectivity index (χ2v) is 4.28. The minimum atomic E-state index is -0.420. The van der Waals surface area contributed by atoms with Crippen LogP contribution in [0.3, 0.4) is 0 Å². The Morgan fingerprint density at radius 1 is 1.20 bits per heavy atom. The highest BCUT2D eigenvalue weighted by Gasteiger charge is 2.11. The Labute approximate surface area is 113 Å². The van der Waals surface area contributed by atoms with E-state index in [0.29, 0.717) is 22.2 Å². The van der Waals surface area contributed by atoms with Gasteiger partial charge in [-0.05, 0) is 30.3 Å². The molecule has 0 bridgehead atoms. The molecule has 0 aliphatic heterocycles. The number of rotatable bonds is 2. The lowest BCUT2D eigenvalue weighted by Crippen LogP contribution is -2.09. The largest absolute Gasteiger partial charge is 0.496 e. The molecule has 0 amide bonds. The maximum atomic E-state index is 13.4. The molecule has 1 aromatic heterocycles. The van der Waals surface area contributed by atoms with Gasteiger partial charge in [0.05, 0.1) is 23.6 Å². The van der Waals surface area contributed by atoms with Gasteiger partial charge in [-0.1, -0.05) is 12.1 Å². The summed E-state index contributed by atoms with van der Waals surface area (Å²) in [6.07, 6.45) is 0. The summed E-state index contributed by atoms with van der Waals surface area (Å²) in [5, 5.41) is 0.492. The van der Waals surface area contributed by atoms with Gasteiger partial charge in [0.2, 0.25) is 0 Å². The van der Waals surface area contributed by atoms with Gasteiger partial charge < -0.3 is 9.72 Å². The van der Waals surface area contributed by atoms with Gasteiger partial charge in [-0.3, -0.25) is 4.79 Å². The number of fused-ring (bicyclic) bond motifs is 1. The number of nitrogens with one attached hydrogen (secondary N) is 1. The summed E-state index contributed by atoms with van der Waals surface area (Å²) in [5.74, 6) is 0.312. The third-order valence-corrected chi connectivity index (χ3v) is 3.03. The Bertz CT molecular complexity index is 843. The zero-order valence-electron chi connectivity index (χ0n) is 10.7. The predicted octanol–water partition coefficient (Wildman–Crippen LogP) is 2.74. The molecule has 0 fully saturated rings. The van der Waals surface area contributed by atoms with Crippen LogP contribution in [-0.4, -0.2) is 17.1 Å². The number of nitrogens with zero attached hydrogens (tertiary/aromatic N) is 1.